The van der Waals surface area contributed by atoms with Gasteiger partial charge in [0.05, 0.1) is 48.7 Å². The molecule has 3 aliphatic heterocycles. The lowest BCUT2D eigenvalue weighted by Crippen LogP contribution is -2.47. The number of fused-ring (bicyclic) bond motifs is 2. The molecule has 39 heavy (non-hydrogen) atoms. The van der Waals surface area contributed by atoms with E-state index in [1.165, 1.54) is 11.3 Å². The van der Waals surface area contributed by atoms with E-state index < -0.39 is 0 Å². The number of methoxy groups -OCH3 is 6. The van der Waals surface area contributed by atoms with Crippen molar-refractivity contribution in [2.45, 2.75) is 30.7 Å². The van der Waals surface area contributed by atoms with Crippen molar-refractivity contribution in [2.24, 2.45) is 0 Å². The molecule has 1 saturated heterocycles. The topological polar surface area (TPSA) is 75.7 Å². The maximum atomic E-state index is 12.7. The van der Waals surface area contributed by atoms with Gasteiger partial charge in [0.25, 0.3) is 0 Å². The molecular formula is C31H33NO7. The van der Waals surface area contributed by atoms with Gasteiger partial charge in [0.15, 0.2) is 28.8 Å². The fourth-order valence-corrected chi connectivity index (χ4v) is 6.96. The minimum absolute atomic E-state index is 0.0296. The zero-order chi connectivity index (χ0) is 27.4. The predicted octanol–water partition coefficient (Wildman–Crippen LogP) is 5.05. The van der Waals surface area contributed by atoms with Gasteiger partial charge in [-0.2, -0.15) is 0 Å². The monoisotopic (exact) mass is 531 g/mol. The molecule has 0 spiro atoms. The van der Waals surface area contributed by atoms with Gasteiger partial charge >= 0.3 is 0 Å². The predicted molar refractivity (Wildman–Crippen MR) is 145 cm³/mol. The Hall–Kier alpha value is -4.07. The normalized spacial score (nSPS) is 22.8. The number of carbonyl (C=O) groups is 1. The standard InChI is InChI=1S/C31H33NO7/c1-34-23-8-7-17-28-20(19-14-26(37-4)27(38-5)15-24(19)35-2)12-21(29(17)31(23)39-6)32-10-9-16-11-22(33)25(36-3)13-18(16)30(28)32/h7-8,11,13-15,20-21,28H,9-10,12H2,1-6H3/t20-,21-,28-/m0/s1. The molecule has 5 aliphatic rings. The lowest BCUT2D eigenvalue weighted by atomic mass is 9.62. The van der Waals surface area contributed by atoms with Crippen LogP contribution in [0.4, 0.5) is 0 Å². The number of benzene rings is 2. The van der Waals surface area contributed by atoms with Crippen LogP contribution in [0.15, 0.2) is 59.0 Å². The Morgan fingerprint density at radius 2 is 1.49 bits per heavy atom. The Morgan fingerprint density at radius 1 is 0.769 bits per heavy atom. The largest absolute Gasteiger partial charge is 0.496 e. The van der Waals surface area contributed by atoms with Gasteiger partial charge < -0.3 is 33.3 Å². The molecular weight excluding hydrogens is 498 g/mol. The molecule has 2 aliphatic carbocycles. The van der Waals surface area contributed by atoms with E-state index in [0.717, 1.165) is 58.9 Å². The van der Waals surface area contributed by atoms with Crippen molar-refractivity contribution in [3.63, 3.8) is 0 Å². The lowest BCUT2D eigenvalue weighted by molar-refractivity contribution is -0.114. The van der Waals surface area contributed by atoms with E-state index in [9.17, 15) is 4.79 Å². The van der Waals surface area contributed by atoms with E-state index in [4.69, 9.17) is 28.4 Å². The van der Waals surface area contributed by atoms with Gasteiger partial charge in [-0.15, -0.1) is 0 Å². The van der Waals surface area contributed by atoms with Crippen LogP contribution in [0.25, 0.3) is 0 Å². The number of nitrogens with zero attached hydrogens (tertiary/aromatic N) is 1. The van der Waals surface area contributed by atoms with E-state index in [1.54, 1.807) is 48.7 Å². The van der Waals surface area contributed by atoms with Crippen LogP contribution in [0.3, 0.4) is 0 Å². The summed E-state index contributed by atoms with van der Waals surface area (Å²) in [5, 5.41) is 0. The summed E-state index contributed by atoms with van der Waals surface area (Å²) in [6.45, 7) is 0.810. The molecule has 2 aromatic carbocycles. The van der Waals surface area contributed by atoms with Crippen molar-refractivity contribution in [1.82, 2.24) is 4.90 Å². The van der Waals surface area contributed by atoms with Crippen LogP contribution < -0.4 is 23.7 Å². The molecule has 3 heterocycles. The zero-order valence-electron chi connectivity index (χ0n) is 23.1. The third kappa shape index (κ3) is 3.61. The highest BCUT2D eigenvalue weighted by Crippen LogP contribution is 2.64. The quantitative estimate of drug-likeness (QED) is 0.491. The number of carbonyl (C=O) groups excluding carboxylic acids is 1. The average Bonchev–Trinajstić information content (AvgIpc) is 2.98. The number of ether oxygens (including phenoxy) is 6. The van der Waals surface area contributed by atoms with Crippen molar-refractivity contribution in [3.8, 4) is 28.7 Å². The molecule has 3 atom stereocenters. The van der Waals surface area contributed by atoms with Gasteiger partial charge in [-0.25, -0.2) is 0 Å². The second-order valence-corrected chi connectivity index (χ2v) is 10.1. The van der Waals surface area contributed by atoms with Crippen LogP contribution in [0.2, 0.25) is 0 Å². The molecule has 204 valence electrons. The van der Waals surface area contributed by atoms with E-state index >= 15 is 0 Å². The van der Waals surface area contributed by atoms with Crippen molar-refractivity contribution in [3.05, 3.63) is 75.7 Å². The molecule has 2 bridgehead atoms. The number of hydrogen-bond acceptors (Lipinski definition) is 8. The summed E-state index contributed by atoms with van der Waals surface area (Å²) in [6.07, 6.45) is 5.29. The molecule has 0 unspecified atom stereocenters. The molecule has 0 saturated carbocycles. The minimum Gasteiger partial charge on any atom is -0.496 e. The summed E-state index contributed by atoms with van der Waals surface area (Å²) in [5.74, 6) is 3.85. The van der Waals surface area contributed by atoms with Crippen molar-refractivity contribution in [2.75, 3.05) is 49.2 Å². The molecule has 1 fully saturated rings. The summed E-state index contributed by atoms with van der Waals surface area (Å²) in [5.41, 5.74) is 6.73. The Kier molecular flexibility index (Phi) is 6.20. The average molecular weight is 532 g/mol. The van der Waals surface area contributed by atoms with E-state index in [-0.39, 0.29) is 23.7 Å². The van der Waals surface area contributed by atoms with E-state index in [0.29, 0.717) is 17.3 Å². The molecule has 0 amide bonds. The van der Waals surface area contributed by atoms with Crippen molar-refractivity contribution >= 4 is 5.78 Å². The second kappa shape index (κ2) is 9.59. The van der Waals surface area contributed by atoms with Gasteiger partial charge in [0.2, 0.25) is 5.78 Å². The van der Waals surface area contributed by atoms with Gasteiger partial charge in [-0.1, -0.05) is 6.07 Å². The number of ketones is 1. The molecule has 7 rings (SSSR count). The fraction of sp³-hybridized carbons (Fsp3) is 0.387. The van der Waals surface area contributed by atoms with Crippen LogP contribution >= 0.6 is 0 Å². The molecule has 2 aromatic rings. The minimum atomic E-state index is -0.0869. The summed E-state index contributed by atoms with van der Waals surface area (Å²) < 4.78 is 34.3. The highest BCUT2D eigenvalue weighted by molar-refractivity contribution is 6.05. The highest BCUT2D eigenvalue weighted by atomic mass is 16.5. The van der Waals surface area contributed by atoms with Crippen LogP contribution in [-0.2, 0) is 9.53 Å². The van der Waals surface area contributed by atoms with Gasteiger partial charge in [0, 0.05) is 46.8 Å². The number of allylic oxidation sites excluding steroid dienone is 4. The Bertz CT molecular complexity index is 1450. The van der Waals surface area contributed by atoms with Crippen molar-refractivity contribution < 1.29 is 33.2 Å². The first-order valence-electron chi connectivity index (χ1n) is 13.1. The lowest BCUT2D eigenvalue weighted by Gasteiger charge is -2.56. The first-order valence-corrected chi connectivity index (χ1v) is 13.1. The maximum Gasteiger partial charge on any atom is 0.220 e. The first kappa shape index (κ1) is 25.2. The second-order valence-electron chi connectivity index (χ2n) is 10.1. The third-order valence-electron chi connectivity index (χ3n) is 8.57. The number of hydrogen-bond donors (Lipinski definition) is 0. The van der Waals surface area contributed by atoms with Gasteiger partial charge in [0.1, 0.15) is 5.75 Å². The number of rotatable bonds is 7. The molecule has 0 aromatic heterocycles. The molecule has 0 radical (unpaired) electrons. The van der Waals surface area contributed by atoms with E-state index in [1.807, 2.05) is 24.3 Å². The van der Waals surface area contributed by atoms with Crippen LogP contribution in [0, 0.1) is 0 Å². The van der Waals surface area contributed by atoms with Gasteiger partial charge in [-0.05, 0) is 48.3 Å². The Morgan fingerprint density at radius 3 is 2.15 bits per heavy atom. The van der Waals surface area contributed by atoms with Crippen LogP contribution in [-0.4, -0.2) is 59.9 Å². The maximum absolute atomic E-state index is 12.7. The SMILES string of the molecule is COC1=CC2=C3[C@H]4c5ccc(OC)c(OC)c5[C@H](C[C@H]4c4cc(OC)c(OC)cc4OC)N3CCC2=CC1=O. The smallest absolute Gasteiger partial charge is 0.220 e. The highest BCUT2D eigenvalue weighted by Gasteiger charge is 2.52. The van der Waals surface area contributed by atoms with E-state index in [2.05, 4.69) is 11.0 Å². The molecule has 8 nitrogen and oxygen atoms in total. The Balaban J connectivity index is 1.64. The summed E-state index contributed by atoms with van der Waals surface area (Å²) >= 11 is 0. The molecule has 8 heteroatoms. The first-order chi connectivity index (χ1) is 19.0. The summed E-state index contributed by atoms with van der Waals surface area (Å²) in [6, 6.07) is 8.12. The summed E-state index contributed by atoms with van der Waals surface area (Å²) in [7, 11) is 9.87. The van der Waals surface area contributed by atoms with Crippen LogP contribution in [0.5, 0.6) is 28.7 Å². The fourth-order valence-electron chi connectivity index (χ4n) is 6.96. The summed E-state index contributed by atoms with van der Waals surface area (Å²) in [4.78, 5) is 15.2. The Labute approximate surface area is 228 Å². The third-order valence-corrected chi connectivity index (χ3v) is 8.57. The number of piperidine rings is 1. The van der Waals surface area contributed by atoms with Gasteiger partial charge in [-0.3, -0.25) is 4.79 Å². The van der Waals surface area contributed by atoms with Crippen LogP contribution in [0.1, 0.15) is 47.4 Å². The molecule has 0 N–H and O–H groups in total. The van der Waals surface area contributed by atoms with Crippen molar-refractivity contribution in [1.29, 1.82) is 0 Å². The zero-order valence-corrected chi connectivity index (χ0v) is 23.1.